The standard InChI is InChI=1S/C24H20Cl2IN3O5/c1-2-34-22-10-16(9-21(27)24(22)35-14-17-5-6-18(25)12-20(17)26)13-28-29-23(31)11-15-3-7-19(8-4-15)30(32)33/h3-10,12-13H,2,11,14H2,1H3,(H,29,31)/b28-13-. The van der Waals surface area contributed by atoms with Gasteiger partial charge in [0.15, 0.2) is 11.5 Å². The van der Waals surface area contributed by atoms with Crippen molar-refractivity contribution in [3.05, 3.63) is 95.0 Å². The van der Waals surface area contributed by atoms with Crippen LogP contribution in [0.25, 0.3) is 0 Å². The number of hydrogen-bond donors (Lipinski definition) is 1. The number of hydrazone groups is 1. The van der Waals surface area contributed by atoms with Gasteiger partial charge in [0.2, 0.25) is 5.91 Å². The second-order valence-electron chi connectivity index (χ2n) is 7.18. The number of hydrogen-bond acceptors (Lipinski definition) is 6. The summed E-state index contributed by atoms with van der Waals surface area (Å²) in [5.41, 5.74) is 4.55. The molecule has 0 aliphatic rings. The van der Waals surface area contributed by atoms with E-state index < -0.39 is 4.92 Å². The summed E-state index contributed by atoms with van der Waals surface area (Å²) in [6, 6.07) is 14.6. The lowest BCUT2D eigenvalue weighted by atomic mass is 10.1. The summed E-state index contributed by atoms with van der Waals surface area (Å²) in [5, 5.41) is 15.8. The van der Waals surface area contributed by atoms with E-state index in [0.29, 0.717) is 39.3 Å². The van der Waals surface area contributed by atoms with Crippen molar-refractivity contribution in [3.8, 4) is 11.5 Å². The van der Waals surface area contributed by atoms with Crippen LogP contribution in [-0.2, 0) is 17.8 Å². The minimum atomic E-state index is -0.491. The number of rotatable bonds is 10. The SMILES string of the molecule is CCOc1cc(/C=N\NC(=O)Cc2ccc([N+](=O)[O-])cc2)cc(I)c1OCc1ccc(Cl)cc1Cl. The molecule has 0 aliphatic heterocycles. The Morgan fingerprint density at radius 1 is 1.14 bits per heavy atom. The lowest BCUT2D eigenvalue weighted by molar-refractivity contribution is -0.384. The molecular weight excluding hydrogens is 608 g/mol. The minimum absolute atomic E-state index is 0.0319. The summed E-state index contributed by atoms with van der Waals surface area (Å²) in [7, 11) is 0. The van der Waals surface area contributed by atoms with Crippen LogP contribution in [0.1, 0.15) is 23.6 Å². The zero-order chi connectivity index (χ0) is 25.4. The van der Waals surface area contributed by atoms with Gasteiger partial charge in [-0.3, -0.25) is 14.9 Å². The van der Waals surface area contributed by atoms with Gasteiger partial charge in [0, 0.05) is 27.7 Å². The Hall–Kier alpha value is -2.89. The molecule has 0 spiro atoms. The van der Waals surface area contributed by atoms with Crippen LogP contribution in [0.3, 0.4) is 0 Å². The Labute approximate surface area is 225 Å². The number of non-ortho nitro benzene ring substituents is 1. The largest absolute Gasteiger partial charge is 0.490 e. The van der Waals surface area contributed by atoms with Crippen LogP contribution in [-0.4, -0.2) is 23.7 Å². The first kappa shape index (κ1) is 26.7. The van der Waals surface area contributed by atoms with Crippen LogP contribution in [0.2, 0.25) is 10.0 Å². The normalized spacial score (nSPS) is 10.9. The molecule has 0 unspecified atom stereocenters. The average molecular weight is 628 g/mol. The molecule has 0 fully saturated rings. The van der Waals surface area contributed by atoms with Crippen molar-refractivity contribution in [1.29, 1.82) is 0 Å². The van der Waals surface area contributed by atoms with E-state index in [-0.39, 0.29) is 24.6 Å². The maximum Gasteiger partial charge on any atom is 0.269 e. The molecule has 0 aromatic heterocycles. The summed E-state index contributed by atoms with van der Waals surface area (Å²) in [6.45, 7) is 2.53. The fraction of sp³-hybridized carbons (Fsp3) is 0.167. The summed E-state index contributed by atoms with van der Waals surface area (Å²) in [4.78, 5) is 22.4. The average Bonchev–Trinajstić information content (AvgIpc) is 2.80. The van der Waals surface area contributed by atoms with E-state index in [2.05, 4.69) is 33.1 Å². The molecule has 0 aliphatic carbocycles. The van der Waals surface area contributed by atoms with Gasteiger partial charge in [0.1, 0.15) is 6.61 Å². The monoisotopic (exact) mass is 627 g/mol. The van der Waals surface area contributed by atoms with Gasteiger partial charge in [-0.1, -0.05) is 41.4 Å². The van der Waals surface area contributed by atoms with Crippen molar-refractivity contribution in [2.24, 2.45) is 5.10 Å². The number of carbonyl (C=O) groups excluding carboxylic acids is 1. The maximum absolute atomic E-state index is 12.2. The first-order valence-electron chi connectivity index (χ1n) is 10.3. The van der Waals surface area contributed by atoms with Crippen LogP contribution in [0.4, 0.5) is 5.69 Å². The molecule has 35 heavy (non-hydrogen) atoms. The zero-order valence-corrected chi connectivity index (χ0v) is 22.1. The second-order valence-corrected chi connectivity index (χ2v) is 9.19. The highest BCUT2D eigenvalue weighted by atomic mass is 127. The Morgan fingerprint density at radius 2 is 1.89 bits per heavy atom. The molecule has 11 heteroatoms. The molecule has 3 rings (SSSR count). The van der Waals surface area contributed by atoms with Crippen LogP contribution < -0.4 is 14.9 Å². The predicted octanol–water partition coefficient (Wildman–Crippen LogP) is 6.18. The van der Waals surface area contributed by atoms with Gasteiger partial charge in [-0.05, 0) is 64.9 Å². The highest BCUT2D eigenvalue weighted by molar-refractivity contribution is 14.1. The van der Waals surface area contributed by atoms with Crippen LogP contribution >= 0.6 is 45.8 Å². The number of amides is 1. The minimum Gasteiger partial charge on any atom is -0.490 e. The quantitative estimate of drug-likeness (QED) is 0.125. The van der Waals surface area contributed by atoms with E-state index in [0.717, 1.165) is 9.13 Å². The van der Waals surface area contributed by atoms with Crippen molar-refractivity contribution < 1.29 is 19.2 Å². The van der Waals surface area contributed by atoms with Crippen molar-refractivity contribution in [2.45, 2.75) is 20.0 Å². The third-order valence-electron chi connectivity index (χ3n) is 4.63. The van der Waals surface area contributed by atoms with Gasteiger partial charge in [-0.2, -0.15) is 5.10 Å². The van der Waals surface area contributed by atoms with Crippen LogP contribution in [0, 0.1) is 13.7 Å². The van der Waals surface area contributed by atoms with Gasteiger partial charge in [-0.25, -0.2) is 5.43 Å². The number of ether oxygens (including phenoxy) is 2. The molecule has 0 saturated heterocycles. The molecule has 3 aromatic carbocycles. The van der Waals surface area contributed by atoms with Gasteiger partial charge < -0.3 is 9.47 Å². The number of carbonyl (C=O) groups is 1. The third-order valence-corrected chi connectivity index (χ3v) is 6.02. The third kappa shape index (κ3) is 7.81. The van der Waals surface area contributed by atoms with Gasteiger partial charge >= 0.3 is 0 Å². The van der Waals surface area contributed by atoms with Gasteiger partial charge in [0.25, 0.3) is 5.69 Å². The van der Waals surface area contributed by atoms with E-state index >= 15 is 0 Å². The summed E-state index contributed by atoms with van der Waals surface area (Å²) >= 11 is 14.3. The summed E-state index contributed by atoms with van der Waals surface area (Å²) < 4.78 is 12.5. The molecule has 0 radical (unpaired) electrons. The number of nitrogens with zero attached hydrogens (tertiary/aromatic N) is 2. The molecule has 1 amide bonds. The second kappa shape index (κ2) is 12.7. The van der Waals surface area contributed by atoms with E-state index in [9.17, 15) is 14.9 Å². The van der Waals surface area contributed by atoms with Crippen molar-refractivity contribution in [1.82, 2.24) is 5.43 Å². The van der Waals surface area contributed by atoms with Crippen molar-refractivity contribution in [3.63, 3.8) is 0 Å². The fourth-order valence-electron chi connectivity index (χ4n) is 2.99. The smallest absolute Gasteiger partial charge is 0.269 e. The molecule has 182 valence electrons. The zero-order valence-electron chi connectivity index (χ0n) is 18.5. The van der Waals surface area contributed by atoms with E-state index in [4.69, 9.17) is 32.7 Å². The number of halogens is 3. The highest BCUT2D eigenvalue weighted by Crippen LogP contribution is 2.35. The first-order valence-corrected chi connectivity index (χ1v) is 12.2. The first-order chi connectivity index (χ1) is 16.8. The molecule has 0 heterocycles. The Bertz CT molecular complexity index is 1250. The highest BCUT2D eigenvalue weighted by Gasteiger charge is 2.13. The van der Waals surface area contributed by atoms with E-state index in [1.807, 2.05) is 13.0 Å². The molecular formula is C24H20Cl2IN3O5. The fourth-order valence-corrected chi connectivity index (χ4v) is 4.24. The lowest BCUT2D eigenvalue weighted by Crippen LogP contribution is -2.19. The molecule has 1 N–H and O–H groups in total. The number of benzene rings is 3. The predicted molar refractivity (Wildman–Crippen MR) is 144 cm³/mol. The topological polar surface area (TPSA) is 103 Å². The lowest BCUT2D eigenvalue weighted by Gasteiger charge is -2.15. The molecule has 0 saturated carbocycles. The van der Waals surface area contributed by atoms with E-state index in [1.165, 1.54) is 30.5 Å². The Kier molecular flexibility index (Phi) is 9.70. The number of nitro groups is 1. The van der Waals surface area contributed by atoms with Gasteiger partial charge in [-0.15, -0.1) is 0 Å². The molecule has 0 bridgehead atoms. The summed E-state index contributed by atoms with van der Waals surface area (Å²) in [5.74, 6) is 0.746. The summed E-state index contributed by atoms with van der Waals surface area (Å²) in [6.07, 6.45) is 1.54. The molecule has 0 atom stereocenters. The van der Waals surface area contributed by atoms with Crippen molar-refractivity contribution in [2.75, 3.05) is 6.61 Å². The molecule has 3 aromatic rings. The number of nitro benzene ring substituents is 1. The van der Waals surface area contributed by atoms with Crippen LogP contribution in [0.5, 0.6) is 11.5 Å². The Morgan fingerprint density at radius 3 is 2.54 bits per heavy atom. The van der Waals surface area contributed by atoms with Gasteiger partial charge in [0.05, 0.1) is 27.7 Å². The van der Waals surface area contributed by atoms with Crippen LogP contribution in [0.15, 0.2) is 59.7 Å². The van der Waals surface area contributed by atoms with E-state index in [1.54, 1.807) is 24.3 Å². The maximum atomic E-state index is 12.2. The number of nitrogens with one attached hydrogen (secondary N) is 1. The van der Waals surface area contributed by atoms with Crippen molar-refractivity contribution >= 4 is 63.6 Å². The molecule has 8 nitrogen and oxygen atoms in total. The Balaban J connectivity index is 1.65.